The molecule has 0 spiro atoms. The highest BCUT2D eigenvalue weighted by molar-refractivity contribution is 7.91. The summed E-state index contributed by atoms with van der Waals surface area (Å²) in [5.41, 5.74) is -0.391. The fourth-order valence-electron chi connectivity index (χ4n) is 1.42. The second-order valence-corrected chi connectivity index (χ2v) is 7.17. The summed E-state index contributed by atoms with van der Waals surface area (Å²) < 4.78 is 23.9. The largest absolute Gasteiger partial charge is 0.388 e. The third-order valence-corrected chi connectivity index (χ3v) is 4.82. The average Bonchev–Trinajstić information content (AvgIpc) is 2.28. The number of rotatable bonds is 5. The second kappa shape index (κ2) is 5.28. The average molecular weight is 271 g/mol. The molecule has 102 valence electrons. The number of benzene rings is 1. The van der Waals surface area contributed by atoms with Crippen LogP contribution in [0.15, 0.2) is 29.2 Å². The normalized spacial score (nSPS) is 14.3. The first-order valence-electron chi connectivity index (χ1n) is 5.99. The molecule has 1 rings (SSSR count). The number of para-hydroxylation sites is 1. The van der Waals surface area contributed by atoms with Crippen molar-refractivity contribution in [2.45, 2.75) is 44.2 Å². The Hall–Kier alpha value is -1.07. The molecule has 0 radical (unpaired) electrons. The molecular weight excluding hydrogens is 250 g/mol. The summed E-state index contributed by atoms with van der Waals surface area (Å²) in [6.45, 7) is 6.80. The van der Waals surface area contributed by atoms with Crippen molar-refractivity contribution in [3.63, 3.8) is 0 Å². The number of sulfone groups is 1. The Labute approximate surface area is 109 Å². The van der Waals surface area contributed by atoms with Crippen LogP contribution >= 0.6 is 0 Å². The molecule has 4 nitrogen and oxygen atoms in total. The second-order valence-electron chi connectivity index (χ2n) is 4.92. The molecule has 0 bridgehead atoms. The van der Waals surface area contributed by atoms with E-state index >= 15 is 0 Å². The van der Waals surface area contributed by atoms with E-state index in [0.29, 0.717) is 5.69 Å². The lowest BCUT2D eigenvalue weighted by molar-refractivity contribution is 0.0648. The predicted molar refractivity (Wildman–Crippen MR) is 73.6 cm³/mol. The quantitative estimate of drug-likeness (QED) is 0.860. The molecule has 0 aliphatic heterocycles. The van der Waals surface area contributed by atoms with Crippen molar-refractivity contribution >= 4 is 15.5 Å². The number of hydrogen-bond acceptors (Lipinski definition) is 4. The maximum Gasteiger partial charge on any atom is 0.180 e. The van der Waals surface area contributed by atoms with Gasteiger partial charge in [0.2, 0.25) is 0 Å². The van der Waals surface area contributed by atoms with Gasteiger partial charge in [0.25, 0.3) is 0 Å². The van der Waals surface area contributed by atoms with Gasteiger partial charge < -0.3 is 10.4 Å². The number of aliphatic hydroxyl groups is 1. The van der Waals surface area contributed by atoms with Gasteiger partial charge in [0.05, 0.1) is 28.0 Å². The topological polar surface area (TPSA) is 66.4 Å². The molecule has 0 saturated carbocycles. The molecule has 1 aromatic rings. The van der Waals surface area contributed by atoms with Crippen LogP contribution < -0.4 is 5.32 Å². The minimum Gasteiger partial charge on any atom is -0.388 e. The van der Waals surface area contributed by atoms with Crippen LogP contribution in [0.4, 0.5) is 5.69 Å². The number of hydrogen-bond donors (Lipinski definition) is 2. The predicted octanol–water partition coefficient (Wildman–Crippen LogP) is 2.05. The summed E-state index contributed by atoms with van der Waals surface area (Å²) >= 11 is 0. The minimum absolute atomic E-state index is 0.0581. The Morgan fingerprint density at radius 1 is 1.33 bits per heavy atom. The minimum atomic E-state index is -3.26. The highest BCUT2D eigenvalue weighted by atomic mass is 32.2. The lowest BCUT2D eigenvalue weighted by Crippen LogP contribution is -2.39. The summed E-state index contributed by atoms with van der Waals surface area (Å²) in [6.07, 6.45) is 0. The van der Waals surface area contributed by atoms with E-state index in [4.69, 9.17) is 0 Å². The molecule has 0 aromatic heterocycles. The third kappa shape index (κ3) is 3.46. The zero-order valence-corrected chi connectivity index (χ0v) is 12.1. The van der Waals surface area contributed by atoms with Crippen LogP contribution in [0, 0.1) is 0 Å². The molecular formula is C13H21NO3S. The Bertz CT molecular complexity index is 503. The first kappa shape index (κ1) is 15.0. The molecule has 18 heavy (non-hydrogen) atoms. The first-order chi connectivity index (χ1) is 8.18. The van der Waals surface area contributed by atoms with Crippen LogP contribution in [-0.2, 0) is 9.84 Å². The molecule has 0 heterocycles. The summed E-state index contributed by atoms with van der Waals surface area (Å²) in [7, 11) is -3.26. The van der Waals surface area contributed by atoms with Crippen molar-refractivity contribution < 1.29 is 13.5 Å². The third-order valence-electron chi connectivity index (χ3n) is 3.03. The Balaban J connectivity index is 3.12. The zero-order chi connectivity index (χ0) is 14.0. The Morgan fingerprint density at radius 2 is 1.89 bits per heavy atom. The van der Waals surface area contributed by atoms with Crippen LogP contribution in [0.2, 0.25) is 0 Å². The van der Waals surface area contributed by atoms with E-state index in [1.807, 2.05) is 6.92 Å². The van der Waals surface area contributed by atoms with Crippen molar-refractivity contribution in [2.24, 2.45) is 0 Å². The smallest absolute Gasteiger partial charge is 0.180 e. The lowest BCUT2D eigenvalue weighted by atomic mass is 10.0. The fraction of sp³-hybridized carbons (Fsp3) is 0.538. The summed E-state index contributed by atoms with van der Waals surface area (Å²) in [4.78, 5) is 0.281. The molecule has 5 heteroatoms. The zero-order valence-electron chi connectivity index (χ0n) is 11.3. The number of nitrogens with one attached hydrogen (secondary N) is 1. The van der Waals surface area contributed by atoms with Gasteiger partial charge in [-0.1, -0.05) is 19.1 Å². The van der Waals surface area contributed by atoms with E-state index in [1.54, 1.807) is 45.0 Å². The molecule has 0 amide bonds. The van der Waals surface area contributed by atoms with E-state index in [2.05, 4.69) is 5.32 Å². The summed E-state index contributed by atoms with van der Waals surface area (Å²) in [6, 6.07) is 6.50. The molecule has 1 atom stereocenters. The summed E-state index contributed by atoms with van der Waals surface area (Å²) in [5, 5.41) is 12.9. The van der Waals surface area contributed by atoms with Gasteiger partial charge in [-0.25, -0.2) is 8.42 Å². The van der Waals surface area contributed by atoms with Crippen molar-refractivity contribution in [1.29, 1.82) is 0 Å². The van der Waals surface area contributed by atoms with Gasteiger partial charge in [0, 0.05) is 0 Å². The fourth-order valence-corrected chi connectivity index (χ4v) is 2.48. The molecule has 1 unspecified atom stereocenters. The van der Waals surface area contributed by atoms with Crippen LogP contribution in [0.25, 0.3) is 0 Å². The van der Waals surface area contributed by atoms with Gasteiger partial charge in [0.15, 0.2) is 9.84 Å². The van der Waals surface area contributed by atoms with Crippen molar-refractivity contribution in [3.05, 3.63) is 24.3 Å². The monoisotopic (exact) mass is 271 g/mol. The van der Waals surface area contributed by atoms with Crippen molar-refractivity contribution in [1.82, 2.24) is 0 Å². The Kier molecular flexibility index (Phi) is 4.40. The SMILES string of the molecule is CCS(=O)(=O)c1ccccc1NC(C)C(C)(C)O. The molecule has 2 N–H and O–H groups in total. The molecule has 0 aliphatic rings. The standard InChI is InChI=1S/C13H21NO3S/c1-5-18(16,17)12-9-7-6-8-11(12)14-10(2)13(3,4)15/h6-10,14-15H,5H2,1-4H3. The highest BCUT2D eigenvalue weighted by Crippen LogP contribution is 2.24. The molecule has 0 fully saturated rings. The van der Waals surface area contributed by atoms with Crippen molar-refractivity contribution in [3.8, 4) is 0 Å². The first-order valence-corrected chi connectivity index (χ1v) is 7.64. The maximum atomic E-state index is 12.0. The van der Waals surface area contributed by atoms with Gasteiger partial charge in [-0.05, 0) is 32.9 Å². The highest BCUT2D eigenvalue weighted by Gasteiger charge is 2.24. The van der Waals surface area contributed by atoms with E-state index < -0.39 is 15.4 Å². The summed E-state index contributed by atoms with van der Waals surface area (Å²) in [5.74, 6) is 0.0581. The van der Waals surface area contributed by atoms with E-state index in [1.165, 1.54) is 0 Å². The van der Waals surface area contributed by atoms with Crippen LogP contribution in [-0.4, -0.2) is 30.9 Å². The van der Waals surface area contributed by atoms with Crippen molar-refractivity contribution in [2.75, 3.05) is 11.1 Å². The van der Waals surface area contributed by atoms with Gasteiger partial charge in [0.1, 0.15) is 0 Å². The van der Waals surface area contributed by atoms with Gasteiger partial charge in [-0.2, -0.15) is 0 Å². The van der Waals surface area contributed by atoms with E-state index in [9.17, 15) is 13.5 Å². The van der Waals surface area contributed by atoms with E-state index in [0.717, 1.165) is 0 Å². The Morgan fingerprint density at radius 3 is 2.39 bits per heavy atom. The number of anilines is 1. The van der Waals surface area contributed by atoms with Gasteiger partial charge in [-0.3, -0.25) is 0 Å². The van der Waals surface area contributed by atoms with Crippen LogP contribution in [0.3, 0.4) is 0 Å². The van der Waals surface area contributed by atoms with Gasteiger partial charge >= 0.3 is 0 Å². The molecule has 0 aliphatic carbocycles. The van der Waals surface area contributed by atoms with E-state index in [-0.39, 0.29) is 16.7 Å². The van der Waals surface area contributed by atoms with Gasteiger partial charge in [-0.15, -0.1) is 0 Å². The van der Waals surface area contributed by atoms with Crippen LogP contribution in [0.1, 0.15) is 27.7 Å². The molecule has 0 saturated heterocycles. The molecule has 1 aromatic carbocycles. The maximum absolute atomic E-state index is 12.0. The van der Waals surface area contributed by atoms with Crippen LogP contribution in [0.5, 0.6) is 0 Å². The lowest BCUT2D eigenvalue weighted by Gasteiger charge is -2.28.